The molecule has 0 spiro atoms. The largest absolute Gasteiger partial charge is 0.435 e. The Hall–Kier alpha value is -2.57. The number of fused-ring (bicyclic) bond motifs is 1. The van der Waals surface area contributed by atoms with Crippen molar-refractivity contribution < 1.29 is 18.0 Å². The second-order valence-electron chi connectivity index (χ2n) is 6.61. The van der Waals surface area contributed by atoms with Gasteiger partial charge in [-0.25, -0.2) is 5.01 Å². The number of carbonyl (C=O) groups excluding carboxylic acids is 1. The Morgan fingerprint density at radius 3 is 2.36 bits per heavy atom. The van der Waals surface area contributed by atoms with Crippen LogP contribution in [0.5, 0.6) is 0 Å². The van der Waals surface area contributed by atoms with Gasteiger partial charge in [0.15, 0.2) is 5.71 Å². The minimum Gasteiger partial charge on any atom is -0.347 e. The second kappa shape index (κ2) is 5.47. The molecule has 25 heavy (non-hydrogen) atoms. The van der Waals surface area contributed by atoms with Gasteiger partial charge in [-0.3, -0.25) is 4.79 Å². The van der Waals surface area contributed by atoms with E-state index < -0.39 is 23.4 Å². The molecule has 0 atom stereocenters. The van der Waals surface area contributed by atoms with Gasteiger partial charge in [0.25, 0.3) is 5.91 Å². The molecule has 1 amide bonds. The molecule has 0 aromatic heterocycles. The highest BCUT2D eigenvalue weighted by atomic mass is 19.4. The normalized spacial score (nSPS) is 22.8. The third kappa shape index (κ3) is 2.63. The summed E-state index contributed by atoms with van der Waals surface area (Å²) in [6, 6.07) is 7.80. The maximum Gasteiger partial charge on any atom is 0.435 e. The Balaban J connectivity index is 2.06. The van der Waals surface area contributed by atoms with Crippen LogP contribution >= 0.6 is 0 Å². The first-order chi connectivity index (χ1) is 11.5. The number of para-hydroxylation sites is 1. The van der Waals surface area contributed by atoms with Gasteiger partial charge >= 0.3 is 6.18 Å². The quantitative estimate of drug-likeness (QED) is 0.726. The molecule has 0 aliphatic carbocycles. The van der Waals surface area contributed by atoms with Crippen LogP contribution in [0.4, 0.5) is 18.9 Å². The number of allylic oxidation sites excluding steroid dienone is 3. The smallest absolute Gasteiger partial charge is 0.347 e. The average molecular weight is 349 g/mol. The number of benzene rings is 1. The van der Waals surface area contributed by atoms with E-state index in [0.29, 0.717) is 5.01 Å². The van der Waals surface area contributed by atoms with Gasteiger partial charge < -0.3 is 4.90 Å². The van der Waals surface area contributed by atoms with Crippen LogP contribution in [0.3, 0.4) is 0 Å². The summed E-state index contributed by atoms with van der Waals surface area (Å²) in [7, 11) is 3.07. The van der Waals surface area contributed by atoms with Gasteiger partial charge in [-0.15, -0.1) is 0 Å². The Morgan fingerprint density at radius 2 is 1.76 bits per heavy atom. The predicted octanol–water partition coefficient (Wildman–Crippen LogP) is 3.61. The van der Waals surface area contributed by atoms with Crippen LogP contribution in [0.1, 0.15) is 19.4 Å². The molecule has 1 aromatic carbocycles. The summed E-state index contributed by atoms with van der Waals surface area (Å²) >= 11 is 0. The van der Waals surface area contributed by atoms with Crippen molar-refractivity contribution in [3.63, 3.8) is 0 Å². The molecule has 2 aliphatic rings. The van der Waals surface area contributed by atoms with E-state index >= 15 is 0 Å². The van der Waals surface area contributed by atoms with Gasteiger partial charge in [-0.05, 0) is 23.8 Å². The van der Waals surface area contributed by atoms with Gasteiger partial charge in [0.1, 0.15) is 0 Å². The van der Waals surface area contributed by atoms with Crippen molar-refractivity contribution in [2.45, 2.75) is 25.4 Å². The third-order valence-electron chi connectivity index (χ3n) is 4.65. The molecule has 0 N–H and O–H groups in total. The Bertz CT molecular complexity index is 834. The number of alkyl halides is 3. The SMILES string of the molecule is CN1N=C(C(F)(F)F)C(=CC=C2N(C)c3ccccc3C2(C)C)C1=O. The number of carbonyl (C=O) groups is 1. The topological polar surface area (TPSA) is 35.9 Å². The standard InChI is InChI=1S/C18H18F3N3O/c1-17(2)12-7-5-6-8-13(12)23(3)14(17)10-9-11-15(18(19,20)21)22-24(4)16(11)25/h5-10H,1-4H3. The first kappa shape index (κ1) is 17.3. The van der Waals surface area contributed by atoms with E-state index in [4.69, 9.17) is 0 Å². The minimum atomic E-state index is -4.68. The molecule has 2 aliphatic heterocycles. The van der Waals surface area contributed by atoms with Crippen LogP contribution in [0.2, 0.25) is 0 Å². The van der Waals surface area contributed by atoms with E-state index in [0.717, 1.165) is 16.9 Å². The van der Waals surface area contributed by atoms with Crippen molar-refractivity contribution in [1.29, 1.82) is 0 Å². The van der Waals surface area contributed by atoms with Crippen molar-refractivity contribution in [3.05, 3.63) is 53.3 Å². The maximum atomic E-state index is 13.1. The lowest BCUT2D eigenvalue weighted by Gasteiger charge is -2.23. The number of anilines is 1. The summed E-state index contributed by atoms with van der Waals surface area (Å²) in [5.41, 5.74) is 0.907. The zero-order valence-electron chi connectivity index (χ0n) is 14.3. The zero-order valence-corrected chi connectivity index (χ0v) is 14.3. The highest BCUT2D eigenvalue weighted by Crippen LogP contribution is 2.46. The van der Waals surface area contributed by atoms with Crippen molar-refractivity contribution in [1.82, 2.24) is 5.01 Å². The second-order valence-corrected chi connectivity index (χ2v) is 6.61. The summed E-state index contributed by atoms with van der Waals surface area (Å²) in [6.07, 6.45) is -1.88. The summed E-state index contributed by atoms with van der Waals surface area (Å²) in [5, 5.41) is 4.04. The van der Waals surface area contributed by atoms with Crippen molar-refractivity contribution in [3.8, 4) is 0 Å². The van der Waals surface area contributed by atoms with E-state index in [1.165, 1.54) is 13.1 Å². The third-order valence-corrected chi connectivity index (χ3v) is 4.65. The molecule has 1 aromatic rings. The van der Waals surface area contributed by atoms with Crippen molar-refractivity contribution >= 4 is 17.3 Å². The van der Waals surface area contributed by atoms with Crippen LogP contribution in [-0.2, 0) is 10.2 Å². The van der Waals surface area contributed by atoms with Gasteiger partial charge in [-0.1, -0.05) is 32.0 Å². The number of hydrogen-bond acceptors (Lipinski definition) is 3. The van der Waals surface area contributed by atoms with Crippen LogP contribution in [0.15, 0.2) is 52.8 Å². The molecule has 0 fully saturated rings. The van der Waals surface area contributed by atoms with Gasteiger partial charge in [-0.2, -0.15) is 18.3 Å². The predicted molar refractivity (Wildman–Crippen MR) is 90.3 cm³/mol. The number of nitrogens with zero attached hydrogens (tertiary/aromatic N) is 3. The molecule has 7 heteroatoms. The maximum absolute atomic E-state index is 13.1. The van der Waals surface area contributed by atoms with E-state index in [1.807, 2.05) is 50.1 Å². The lowest BCUT2D eigenvalue weighted by atomic mass is 9.83. The van der Waals surface area contributed by atoms with Crippen molar-refractivity contribution in [2.75, 3.05) is 19.0 Å². The molecule has 2 heterocycles. The monoisotopic (exact) mass is 349 g/mol. The zero-order chi connectivity index (χ0) is 18.6. The number of likely N-dealkylation sites (N-methyl/N-ethyl adjacent to an activating group) is 2. The lowest BCUT2D eigenvalue weighted by Crippen LogP contribution is -2.25. The average Bonchev–Trinajstić information content (AvgIpc) is 2.92. The molecule has 0 radical (unpaired) electrons. The number of halogens is 3. The van der Waals surface area contributed by atoms with Crippen LogP contribution in [0.25, 0.3) is 0 Å². The molecular weight excluding hydrogens is 331 g/mol. The molecule has 0 bridgehead atoms. The first-order valence-corrected chi connectivity index (χ1v) is 7.75. The molecule has 4 nitrogen and oxygen atoms in total. The van der Waals surface area contributed by atoms with E-state index in [1.54, 1.807) is 6.08 Å². The van der Waals surface area contributed by atoms with Crippen molar-refractivity contribution in [2.24, 2.45) is 5.10 Å². The molecule has 0 unspecified atom stereocenters. The molecule has 3 rings (SSSR count). The van der Waals surface area contributed by atoms with Crippen LogP contribution < -0.4 is 4.90 Å². The van der Waals surface area contributed by atoms with E-state index in [-0.39, 0.29) is 5.41 Å². The number of amides is 1. The highest BCUT2D eigenvalue weighted by molar-refractivity contribution is 6.26. The fraction of sp³-hybridized carbons (Fsp3) is 0.333. The number of rotatable bonds is 1. The lowest BCUT2D eigenvalue weighted by molar-refractivity contribution is -0.124. The van der Waals surface area contributed by atoms with Crippen LogP contribution in [0, 0.1) is 0 Å². The van der Waals surface area contributed by atoms with Crippen LogP contribution in [-0.4, -0.2) is 36.9 Å². The Labute approximate surface area is 143 Å². The summed E-state index contributed by atoms with van der Waals surface area (Å²) in [5.74, 6) is -0.764. The van der Waals surface area contributed by atoms with Gasteiger partial charge in [0.05, 0.1) is 5.57 Å². The highest BCUT2D eigenvalue weighted by Gasteiger charge is 2.45. The fourth-order valence-corrected chi connectivity index (χ4v) is 3.35. The molecule has 132 valence electrons. The summed E-state index contributed by atoms with van der Waals surface area (Å²) in [6.45, 7) is 4.00. The molecular formula is C18H18F3N3O. The van der Waals surface area contributed by atoms with Gasteiger partial charge in [0.2, 0.25) is 0 Å². The fourth-order valence-electron chi connectivity index (χ4n) is 3.35. The number of hydrogen-bond donors (Lipinski definition) is 0. The van der Waals surface area contributed by atoms with Gasteiger partial charge in [0, 0.05) is 30.9 Å². The molecule has 0 saturated heterocycles. The minimum absolute atomic E-state index is 0.383. The summed E-state index contributed by atoms with van der Waals surface area (Å²) < 4.78 is 39.4. The van der Waals surface area contributed by atoms with E-state index in [2.05, 4.69) is 5.10 Å². The first-order valence-electron chi connectivity index (χ1n) is 7.75. The number of hydrazone groups is 1. The summed E-state index contributed by atoms with van der Waals surface area (Å²) in [4.78, 5) is 14.0. The van der Waals surface area contributed by atoms with E-state index in [9.17, 15) is 18.0 Å². The Morgan fingerprint density at radius 1 is 1.12 bits per heavy atom. The molecule has 0 saturated carbocycles. The Kier molecular flexibility index (Phi) is 3.78.